The number of halogens is 1. The smallest absolute Gasteiger partial charge is 0.275 e. The first kappa shape index (κ1) is 17.8. The van der Waals surface area contributed by atoms with E-state index in [1.165, 1.54) is 0 Å². The van der Waals surface area contributed by atoms with E-state index in [2.05, 4.69) is 15.6 Å². The Bertz CT molecular complexity index is 899. The van der Waals surface area contributed by atoms with Gasteiger partial charge in [-0.25, -0.2) is 4.68 Å². The average Bonchev–Trinajstić information content (AvgIpc) is 3.43. The van der Waals surface area contributed by atoms with Crippen LogP contribution in [0.1, 0.15) is 28.9 Å². The Morgan fingerprint density at radius 2 is 2.04 bits per heavy atom. The molecule has 1 aromatic carbocycles. The second-order valence-electron chi connectivity index (χ2n) is 6.48. The zero-order chi connectivity index (χ0) is 18.6. The minimum absolute atomic E-state index is 0.0769. The fourth-order valence-corrected chi connectivity index (χ4v) is 3.28. The van der Waals surface area contributed by atoms with E-state index < -0.39 is 0 Å². The number of benzene rings is 1. The van der Waals surface area contributed by atoms with E-state index in [1.807, 2.05) is 53.4 Å². The predicted octanol–water partition coefficient (Wildman–Crippen LogP) is 2.68. The van der Waals surface area contributed by atoms with E-state index in [0.29, 0.717) is 23.9 Å². The third-order valence-electron chi connectivity index (χ3n) is 4.53. The molecule has 27 heavy (non-hydrogen) atoms. The summed E-state index contributed by atoms with van der Waals surface area (Å²) in [5.74, 6) is 0.372. The Morgan fingerprint density at radius 3 is 2.74 bits per heavy atom. The highest BCUT2D eigenvalue weighted by atomic mass is 35.5. The van der Waals surface area contributed by atoms with Crippen molar-refractivity contribution in [3.8, 4) is 5.82 Å². The molecule has 1 aliphatic rings. The summed E-state index contributed by atoms with van der Waals surface area (Å²) in [7, 11) is 0. The number of carbonyl (C=O) groups excluding carboxylic acids is 1. The van der Waals surface area contributed by atoms with Gasteiger partial charge in [0.25, 0.3) is 5.91 Å². The van der Waals surface area contributed by atoms with E-state index in [-0.39, 0.29) is 17.7 Å². The molecule has 140 valence electrons. The number of ether oxygens (including phenoxy) is 1. The van der Waals surface area contributed by atoms with Gasteiger partial charge in [-0.15, -0.1) is 5.10 Å². The van der Waals surface area contributed by atoms with Crippen molar-refractivity contribution in [3.05, 3.63) is 65.1 Å². The molecule has 0 unspecified atom stereocenters. The van der Waals surface area contributed by atoms with E-state index in [1.54, 1.807) is 4.68 Å². The maximum Gasteiger partial charge on any atom is 0.275 e. The molecule has 3 aromatic rings. The van der Waals surface area contributed by atoms with E-state index in [4.69, 9.17) is 16.3 Å². The number of nitrogens with one attached hydrogen (secondary N) is 1. The second-order valence-corrected chi connectivity index (χ2v) is 6.92. The van der Waals surface area contributed by atoms with Crippen molar-refractivity contribution in [1.29, 1.82) is 0 Å². The molecule has 0 saturated carbocycles. The molecule has 1 fully saturated rings. The van der Waals surface area contributed by atoms with Gasteiger partial charge in [0, 0.05) is 30.6 Å². The van der Waals surface area contributed by atoms with Crippen LogP contribution in [-0.2, 0) is 11.3 Å². The lowest BCUT2D eigenvalue weighted by Gasteiger charge is -2.12. The van der Waals surface area contributed by atoms with Gasteiger partial charge >= 0.3 is 0 Å². The molecule has 1 amide bonds. The van der Waals surface area contributed by atoms with Crippen LogP contribution in [0.15, 0.2) is 48.8 Å². The lowest BCUT2D eigenvalue weighted by atomic mass is 10.2. The molecule has 0 aliphatic carbocycles. The maximum atomic E-state index is 12.7. The van der Waals surface area contributed by atoms with Crippen LogP contribution in [0.3, 0.4) is 0 Å². The van der Waals surface area contributed by atoms with Gasteiger partial charge in [0.2, 0.25) is 0 Å². The quantitative estimate of drug-likeness (QED) is 0.708. The Balaban J connectivity index is 1.58. The molecule has 7 nitrogen and oxygen atoms in total. The number of aromatic nitrogens is 4. The van der Waals surface area contributed by atoms with Crippen LogP contribution in [0.5, 0.6) is 0 Å². The molecule has 1 aliphatic heterocycles. The number of amides is 1. The van der Waals surface area contributed by atoms with Crippen molar-refractivity contribution >= 4 is 17.5 Å². The number of carbonyl (C=O) groups is 1. The highest BCUT2D eigenvalue weighted by Crippen LogP contribution is 2.17. The molecular formula is C19H20ClN5O2. The van der Waals surface area contributed by atoms with Gasteiger partial charge in [-0.2, -0.15) is 0 Å². The molecule has 4 rings (SSSR count). The van der Waals surface area contributed by atoms with Crippen LogP contribution in [0.4, 0.5) is 0 Å². The van der Waals surface area contributed by atoms with Crippen molar-refractivity contribution < 1.29 is 9.53 Å². The summed E-state index contributed by atoms with van der Waals surface area (Å²) in [6, 6.07) is 11.3. The standard InChI is InChI=1S/C19H20ClN5O2/c20-15-7-5-14(6-8-15)13-25-19(24-9-1-2-10-24)17(22-23-25)18(26)21-12-16-4-3-11-27-16/h1-2,5-10,16H,3-4,11-13H2,(H,21,26)/t16-/m0/s1. The summed E-state index contributed by atoms with van der Waals surface area (Å²) in [5.41, 5.74) is 1.31. The molecule has 3 heterocycles. The Labute approximate surface area is 161 Å². The molecule has 8 heteroatoms. The van der Waals surface area contributed by atoms with Crippen molar-refractivity contribution in [3.63, 3.8) is 0 Å². The van der Waals surface area contributed by atoms with Crippen molar-refractivity contribution in [2.75, 3.05) is 13.2 Å². The van der Waals surface area contributed by atoms with Gasteiger partial charge in [0.15, 0.2) is 11.5 Å². The van der Waals surface area contributed by atoms with Crippen LogP contribution in [0.25, 0.3) is 5.82 Å². The molecule has 1 N–H and O–H groups in total. The number of nitrogens with zero attached hydrogens (tertiary/aromatic N) is 4. The van der Waals surface area contributed by atoms with Gasteiger partial charge in [-0.1, -0.05) is 28.9 Å². The lowest BCUT2D eigenvalue weighted by Crippen LogP contribution is -2.32. The summed E-state index contributed by atoms with van der Waals surface area (Å²) in [6.07, 6.45) is 5.82. The largest absolute Gasteiger partial charge is 0.376 e. The van der Waals surface area contributed by atoms with E-state index in [0.717, 1.165) is 25.0 Å². The number of hydrogen-bond acceptors (Lipinski definition) is 4. The molecule has 1 saturated heterocycles. The van der Waals surface area contributed by atoms with Gasteiger partial charge in [-0.05, 0) is 42.7 Å². The summed E-state index contributed by atoms with van der Waals surface area (Å²) < 4.78 is 9.12. The van der Waals surface area contributed by atoms with Crippen LogP contribution in [-0.4, -0.2) is 44.7 Å². The van der Waals surface area contributed by atoms with Crippen LogP contribution >= 0.6 is 11.6 Å². The van der Waals surface area contributed by atoms with Crippen molar-refractivity contribution in [2.24, 2.45) is 0 Å². The molecule has 2 aromatic heterocycles. The maximum absolute atomic E-state index is 12.7. The first-order valence-corrected chi connectivity index (χ1v) is 9.29. The molecule has 1 atom stereocenters. The fraction of sp³-hybridized carbons (Fsp3) is 0.316. The van der Waals surface area contributed by atoms with Gasteiger partial charge < -0.3 is 14.6 Å². The monoisotopic (exact) mass is 385 g/mol. The van der Waals surface area contributed by atoms with Crippen molar-refractivity contribution in [2.45, 2.75) is 25.5 Å². The van der Waals surface area contributed by atoms with Crippen LogP contribution in [0.2, 0.25) is 5.02 Å². The summed E-state index contributed by atoms with van der Waals surface area (Å²) in [6.45, 7) is 1.72. The summed E-state index contributed by atoms with van der Waals surface area (Å²) in [4.78, 5) is 12.7. The highest BCUT2D eigenvalue weighted by molar-refractivity contribution is 6.30. The Kier molecular flexibility index (Phi) is 5.22. The van der Waals surface area contributed by atoms with Gasteiger partial charge in [0.05, 0.1) is 12.6 Å². The predicted molar refractivity (Wildman–Crippen MR) is 101 cm³/mol. The molecular weight excluding hydrogens is 366 g/mol. The van der Waals surface area contributed by atoms with Gasteiger partial charge in [-0.3, -0.25) is 4.79 Å². The topological polar surface area (TPSA) is 74.0 Å². The Morgan fingerprint density at radius 1 is 1.26 bits per heavy atom. The average molecular weight is 386 g/mol. The minimum Gasteiger partial charge on any atom is -0.376 e. The number of rotatable bonds is 6. The Hall–Kier alpha value is -2.64. The highest BCUT2D eigenvalue weighted by Gasteiger charge is 2.23. The minimum atomic E-state index is -0.253. The van der Waals surface area contributed by atoms with E-state index >= 15 is 0 Å². The second kappa shape index (κ2) is 7.94. The SMILES string of the molecule is O=C(NC[C@@H]1CCCO1)c1nnn(Cc2ccc(Cl)cc2)c1-n1cccc1. The third kappa shape index (κ3) is 4.04. The van der Waals surface area contributed by atoms with Gasteiger partial charge in [0.1, 0.15) is 0 Å². The normalized spacial score (nSPS) is 16.6. The zero-order valence-corrected chi connectivity index (χ0v) is 15.5. The first-order chi connectivity index (χ1) is 13.2. The molecule has 0 bridgehead atoms. The first-order valence-electron chi connectivity index (χ1n) is 8.92. The third-order valence-corrected chi connectivity index (χ3v) is 4.78. The summed E-state index contributed by atoms with van der Waals surface area (Å²) >= 11 is 5.96. The lowest BCUT2D eigenvalue weighted by molar-refractivity contribution is 0.0853. The van der Waals surface area contributed by atoms with Crippen molar-refractivity contribution in [1.82, 2.24) is 24.9 Å². The van der Waals surface area contributed by atoms with Crippen LogP contribution in [0, 0.1) is 0 Å². The molecule has 0 radical (unpaired) electrons. The fourth-order valence-electron chi connectivity index (χ4n) is 3.15. The van der Waals surface area contributed by atoms with Crippen LogP contribution < -0.4 is 5.32 Å². The summed E-state index contributed by atoms with van der Waals surface area (Å²) in [5, 5.41) is 12.0. The zero-order valence-electron chi connectivity index (χ0n) is 14.7. The van der Waals surface area contributed by atoms with E-state index in [9.17, 15) is 4.79 Å². The molecule has 0 spiro atoms. The number of hydrogen-bond donors (Lipinski definition) is 1.